The summed E-state index contributed by atoms with van der Waals surface area (Å²) in [5.74, 6) is 1.38. The average Bonchev–Trinajstić information content (AvgIpc) is 2.45. The van der Waals surface area contributed by atoms with Crippen molar-refractivity contribution in [1.29, 1.82) is 0 Å². The molecular weight excluding hydrogens is 292 g/mol. The average molecular weight is 317 g/mol. The predicted octanol–water partition coefficient (Wildman–Crippen LogP) is 1.99. The van der Waals surface area contributed by atoms with Gasteiger partial charge in [0.15, 0.2) is 11.5 Å². The van der Waals surface area contributed by atoms with Crippen LogP contribution in [0.2, 0.25) is 0 Å². The Balaban J connectivity index is 0.00000400. The summed E-state index contributed by atoms with van der Waals surface area (Å²) in [4.78, 5) is 11.8. The number of hydrogen-bond donors (Lipinski definition) is 2. The number of carbonyl (C=O) groups is 1. The molecule has 2 N–H and O–H groups in total. The monoisotopic (exact) mass is 316 g/mol. The van der Waals surface area contributed by atoms with Gasteiger partial charge in [0.25, 0.3) is 0 Å². The lowest BCUT2D eigenvalue weighted by Gasteiger charge is -2.13. The van der Waals surface area contributed by atoms with E-state index in [1.807, 2.05) is 39.1 Å². The van der Waals surface area contributed by atoms with Gasteiger partial charge in [-0.2, -0.15) is 0 Å². The Morgan fingerprint density at radius 3 is 2.62 bits per heavy atom. The van der Waals surface area contributed by atoms with E-state index in [1.54, 1.807) is 7.11 Å². The summed E-state index contributed by atoms with van der Waals surface area (Å²) in [5, 5.41) is 5.91. The lowest BCUT2D eigenvalue weighted by Crippen LogP contribution is -2.33. The topological polar surface area (TPSA) is 59.6 Å². The molecule has 5 nitrogen and oxygen atoms in total. The molecule has 120 valence electrons. The Bertz CT molecular complexity index is 441. The van der Waals surface area contributed by atoms with Gasteiger partial charge in [0.05, 0.1) is 13.7 Å². The fourth-order valence-electron chi connectivity index (χ4n) is 1.86. The van der Waals surface area contributed by atoms with Crippen molar-refractivity contribution in [1.82, 2.24) is 10.6 Å². The van der Waals surface area contributed by atoms with Crippen molar-refractivity contribution in [3.8, 4) is 11.5 Å². The molecule has 1 rings (SSSR count). The fourth-order valence-corrected chi connectivity index (χ4v) is 1.86. The van der Waals surface area contributed by atoms with Gasteiger partial charge in [-0.15, -0.1) is 12.4 Å². The van der Waals surface area contributed by atoms with Gasteiger partial charge in [-0.1, -0.05) is 13.0 Å². The molecule has 1 aromatic rings. The molecular formula is C15H25ClN2O3. The van der Waals surface area contributed by atoms with Crippen molar-refractivity contribution in [2.24, 2.45) is 5.92 Å². The SMILES string of the molecule is CCOc1cc(CNC(=O)C(C)CNC)ccc1OC.Cl. The second-order valence-corrected chi connectivity index (χ2v) is 4.59. The van der Waals surface area contributed by atoms with Crippen molar-refractivity contribution < 1.29 is 14.3 Å². The van der Waals surface area contributed by atoms with Crippen LogP contribution in [0.1, 0.15) is 19.4 Å². The van der Waals surface area contributed by atoms with Gasteiger partial charge < -0.3 is 20.1 Å². The molecule has 0 aliphatic heterocycles. The summed E-state index contributed by atoms with van der Waals surface area (Å²) < 4.78 is 10.7. The van der Waals surface area contributed by atoms with Crippen molar-refractivity contribution in [3.05, 3.63) is 23.8 Å². The fraction of sp³-hybridized carbons (Fsp3) is 0.533. The molecule has 0 heterocycles. The molecule has 0 saturated heterocycles. The van der Waals surface area contributed by atoms with Gasteiger partial charge in [0.1, 0.15) is 0 Å². The molecule has 1 unspecified atom stereocenters. The Morgan fingerprint density at radius 1 is 1.33 bits per heavy atom. The second-order valence-electron chi connectivity index (χ2n) is 4.59. The first-order valence-corrected chi connectivity index (χ1v) is 6.84. The van der Waals surface area contributed by atoms with E-state index < -0.39 is 0 Å². The number of benzene rings is 1. The third kappa shape index (κ3) is 6.23. The maximum absolute atomic E-state index is 11.8. The standard InChI is InChI=1S/C15H24N2O3.ClH/c1-5-20-14-8-12(6-7-13(14)19-4)10-17-15(18)11(2)9-16-3;/h6-8,11,16H,5,9-10H2,1-4H3,(H,17,18);1H. The van der Waals surface area contributed by atoms with Crippen LogP contribution in [0.3, 0.4) is 0 Å². The molecule has 1 amide bonds. The molecule has 0 saturated carbocycles. The number of amides is 1. The third-order valence-electron chi connectivity index (χ3n) is 2.95. The lowest BCUT2D eigenvalue weighted by atomic mass is 10.1. The lowest BCUT2D eigenvalue weighted by molar-refractivity contribution is -0.124. The molecule has 0 bridgehead atoms. The highest BCUT2D eigenvalue weighted by molar-refractivity contribution is 5.85. The van der Waals surface area contributed by atoms with E-state index in [4.69, 9.17) is 9.47 Å². The van der Waals surface area contributed by atoms with Crippen LogP contribution in [-0.4, -0.2) is 33.2 Å². The highest BCUT2D eigenvalue weighted by Crippen LogP contribution is 2.27. The molecule has 0 fully saturated rings. The van der Waals surface area contributed by atoms with E-state index in [0.717, 1.165) is 5.56 Å². The van der Waals surface area contributed by atoms with Crippen molar-refractivity contribution >= 4 is 18.3 Å². The molecule has 0 radical (unpaired) electrons. The number of nitrogens with one attached hydrogen (secondary N) is 2. The molecule has 0 aliphatic rings. The summed E-state index contributed by atoms with van der Waals surface area (Å²) in [7, 11) is 3.44. The van der Waals surface area contributed by atoms with Crippen LogP contribution < -0.4 is 20.1 Å². The molecule has 1 atom stereocenters. The van der Waals surface area contributed by atoms with Crippen LogP contribution in [0.15, 0.2) is 18.2 Å². The largest absolute Gasteiger partial charge is 0.493 e. The van der Waals surface area contributed by atoms with Crippen molar-refractivity contribution in [3.63, 3.8) is 0 Å². The zero-order valence-corrected chi connectivity index (χ0v) is 13.9. The number of rotatable bonds is 8. The van der Waals surface area contributed by atoms with Crippen molar-refractivity contribution in [2.45, 2.75) is 20.4 Å². The Morgan fingerprint density at radius 2 is 2.05 bits per heavy atom. The van der Waals surface area contributed by atoms with Crippen LogP contribution in [-0.2, 0) is 11.3 Å². The Kier molecular flexibility index (Phi) is 9.58. The van der Waals surface area contributed by atoms with E-state index in [2.05, 4.69) is 10.6 Å². The van der Waals surface area contributed by atoms with E-state index in [1.165, 1.54) is 0 Å². The first-order chi connectivity index (χ1) is 9.62. The smallest absolute Gasteiger partial charge is 0.224 e. The first kappa shape index (κ1) is 19.5. The van der Waals surface area contributed by atoms with Crippen LogP contribution in [0, 0.1) is 5.92 Å². The molecule has 1 aromatic carbocycles. The molecule has 21 heavy (non-hydrogen) atoms. The summed E-state index contributed by atoms with van der Waals surface area (Å²) in [6.07, 6.45) is 0. The number of methoxy groups -OCH3 is 1. The van der Waals surface area contributed by atoms with E-state index in [0.29, 0.717) is 31.2 Å². The number of carbonyl (C=O) groups excluding carboxylic acids is 1. The van der Waals surface area contributed by atoms with Gasteiger partial charge in [0, 0.05) is 19.0 Å². The van der Waals surface area contributed by atoms with Gasteiger partial charge in [-0.25, -0.2) is 0 Å². The van der Waals surface area contributed by atoms with Crippen LogP contribution in [0.5, 0.6) is 11.5 Å². The summed E-state index contributed by atoms with van der Waals surface area (Å²) >= 11 is 0. The maximum atomic E-state index is 11.8. The Labute approximate surface area is 132 Å². The molecule has 6 heteroatoms. The highest BCUT2D eigenvalue weighted by atomic mass is 35.5. The Hall–Kier alpha value is -1.46. The van der Waals surface area contributed by atoms with Gasteiger partial charge >= 0.3 is 0 Å². The van der Waals surface area contributed by atoms with E-state index >= 15 is 0 Å². The second kappa shape index (κ2) is 10.3. The highest BCUT2D eigenvalue weighted by Gasteiger charge is 2.12. The summed E-state index contributed by atoms with van der Waals surface area (Å²) in [6, 6.07) is 5.67. The molecule has 0 aliphatic carbocycles. The zero-order valence-electron chi connectivity index (χ0n) is 13.1. The quantitative estimate of drug-likeness (QED) is 0.770. The third-order valence-corrected chi connectivity index (χ3v) is 2.95. The minimum absolute atomic E-state index is 0. The summed E-state index contributed by atoms with van der Waals surface area (Å²) in [5.41, 5.74) is 0.985. The molecule has 0 aromatic heterocycles. The first-order valence-electron chi connectivity index (χ1n) is 6.84. The normalized spacial score (nSPS) is 11.2. The summed E-state index contributed by atoms with van der Waals surface area (Å²) in [6.45, 7) is 5.54. The van der Waals surface area contributed by atoms with Gasteiger partial charge in [-0.05, 0) is 31.7 Å². The number of ether oxygens (including phenoxy) is 2. The molecule has 0 spiro atoms. The predicted molar refractivity (Wildman–Crippen MR) is 86.3 cm³/mol. The minimum Gasteiger partial charge on any atom is -0.493 e. The zero-order chi connectivity index (χ0) is 15.0. The van der Waals surface area contributed by atoms with E-state index in [9.17, 15) is 4.79 Å². The minimum atomic E-state index is -0.0513. The van der Waals surface area contributed by atoms with Crippen LogP contribution in [0.25, 0.3) is 0 Å². The van der Waals surface area contributed by atoms with Crippen molar-refractivity contribution in [2.75, 3.05) is 27.3 Å². The number of halogens is 1. The number of hydrogen-bond acceptors (Lipinski definition) is 4. The van der Waals surface area contributed by atoms with Crippen LogP contribution >= 0.6 is 12.4 Å². The van der Waals surface area contributed by atoms with Gasteiger partial charge in [-0.3, -0.25) is 4.79 Å². The van der Waals surface area contributed by atoms with E-state index in [-0.39, 0.29) is 24.2 Å². The van der Waals surface area contributed by atoms with Crippen LogP contribution in [0.4, 0.5) is 0 Å². The van der Waals surface area contributed by atoms with Gasteiger partial charge in [0.2, 0.25) is 5.91 Å². The maximum Gasteiger partial charge on any atom is 0.224 e.